The average molecular weight is 208 g/mol. The second kappa shape index (κ2) is 3.49. The van der Waals surface area contributed by atoms with Gasteiger partial charge in [0, 0.05) is 0 Å². The van der Waals surface area contributed by atoms with Gasteiger partial charge < -0.3 is 19.4 Å². The highest BCUT2D eigenvalue weighted by molar-refractivity contribution is 5.87. The molecule has 6 heteroatoms. The van der Waals surface area contributed by atoms with Crippen molar-refractivity contribution in [3.05, 3.63) is 24.1 Å². The molecule has 0 spiro atoms. The van der Waals surface area contributed by atoms with E-state index in [1.54, 1.807) is 6.07 Å². The molecule has 0 aliphatic heterocycles. The van der Waals surface area contributed by atoms with Gasteiger partial charge in [0.05, 0.1) is 13.3 Å². The highest BCUT2D eigenvalue weighted by Gasteiger charge is 2.16. The molecule has 2 aromatic heterocycles. The Morgan fingerprint density at radius 2 is 2.33 bits per heavy atom. The van der Waals surface area contributed by atoms with Crippen LogP contribution in [0.15, 0.2) is 27.3 Å². The van der Waals surface area contributed by atoms with Gasteiger partial charge in [-0.05, 0) is 12.1 Å². The fourth-order valence-corrected chi connectivity index (χ4v) is 1.10. The van der Waals surface area contributed by atoms with Crippen LogP contribution in [0.3, 0.4) is 0 Å². The van der Waals surface area contributed by atoms with Gasteiger partial charge in [-0.1, -0.05) is 5.16 Å². The summed E-state index contributed by atoms with van der Waals surface area (Å²) in [6, 6.07) is 3.03. The number of hydrogen-bond donors (Lipinski definition) is 1. The van der Waals surface area contributed by atoms with Crippen molar-refractivity contribution in [3.63, 3.8) is 0 Å². The van der Waals surface area contributed by atoms with Crippen LogP contribution in [0, 0.1) is 0 Å². The van der Waals surface area contributed by atoms with Gasteiger partial charge in [0.15, 0.2) is 5.76 Å². The smallest absolute Gasteiger partial charge is 0.373 e. The van der Waals surface area contributed by atoms with Gasteiger partial charge in [0.1, 0.15) is 5.69 Å². The van der Waals surface area contributed by atoms with E-state index in [2.05, 4.69) is 9.89 Å². The second-order valence-electron chi connectivity index (χ2n) is 2.77. The third-order valence-electron chi connectivity index (χ3n) is 1.81. The quantitative estimate of drug-likeness (QED) is 0.748. The van der Waals surface area contributed by atoms with E-state index in [0.717, 1.165) is 0 Å². The van der Waals surface area contributed by atoms with E-state index in [-0.39, 0.29) is 5.76 Å². The highest BCUT2D eigenvalue weighted by Crippen LogP contribution is 2.27. The van der Waals surface area contributed by atoms with Crippen molar-refractivity contribution >= 4 is 11.7 Å². The SMILES string of the molecule is COC(=O)c1ccc(-c2oncc2N)o1. The summed E-state index contributed by atoms with van der Waals surface area (Å²) in [4.78, 5) is 11.1. The van der Waals surface area contributed by atoms with Gasteiger partial charge in [0.2, 0.25) is 11.5 Å². The number of carbonyl (C=O) groups excluding carboxylic acids is 1. The van der Waals surface area contributed by atoms with Crippen LogP contribution in [-0.2, 0) is 4.74 Å². The number of anilines is 1. The molecule has 6 nitrogen and oxygen atoms in total. The van der Waals surface area contributed by atoms with E-state index < -0.39 is 5.97 Å². The minimum absolute atomic E-state index is 0.0864. The van der Waals surface area contributed by atoms with E-state index in [9.17, 15) is 4.79 Å². The van der Waals surface area contributed by atoms with Crippen molar-refractivity contribution in [2.45, 2.75) is 0 Å². The maximum absolute atomic E-state index is 11.1. The molecule has 2 heterocycles. The van der Waals surface area contributed by atoms with Crippen molar-refractivity contribution < 1.29 is 18.5 Å². The highest BCUT2D eigenvalue weighted by atomic mass is 16.5. The lowest BCUT2D eigenvalue weighted by Crippen LogP contribution is -1.98. The molecule has 0 radical (unpaired) electrons. The molecule has 0 bridgehead atoms. The van der Waals surface area contributed by atoms with Crippen molar-refractivity contribution in [2.24, 2.45) is 0 Å². The zero-order valence-electron chi connectivity index (χ0n) is 7.89. The molecule has 0 unspecified atom stereocenters. The molecule has 0 saturated carbocycles. The van der Waals surface area contributed by atoms with Gasteiger partial charge in [0.25, 0.3) is 0 Å². The Balaban J connectivity index is 2.36. The first kappa shape index (κ1) is 9.32. The molecule has 2 aromatic rings. The summed E-state index contributed by atoms with van der Waals surface area (Å²) in [6.45, 7) is 0. The maximum Gasteiger partial charge on any atom is 0.373 e. The largest absolute Gasteiger partial charge is 0.463 e. The first-order valence-corrected chi connectivity index (χ1v) is 4.11. The molecule has 15 heavy (non-hydrogen) atoms. The minimum atomic E-state index is -0.556. The average Bonchev–Trinajstić information content (AvgIpc) is 2.84. The number of aromatic nitrogens is 1. The van der Waals surface area contributed by atoms with Crippen molar-refractivity contribution in [3.8, 4) is 11.5 Å². The molecular weight excluding hydrogens is 200 g/mol. The number of ether oxygens (including phenoxy) is 1. The van der Waals surface area contributed by atoms with E-state index in [1.807, 2.05) is 0 Å². The lowest BCUT2D eigenvalue weighted by molar-refractivity contribution is 0.0566. The number of nitrogens with two attached hydrogens (primary N) is 1. The first-order chi connectivity index (χ1) is 7.22. The molecule has 0 fully saturated rings. The van der Waals surface area contributed by atoms with Gasteiger partial charge >= 0.3 is 5.97 Å². The zero-order chi connectivity index (χ0) is 10.8. The fraction of sp³-hybridized carbons (Fsp3) is 0.111. The van der Waals surface area contributed by atoms with Crippen LogP contribution in [0.4, 0.5) is 5.69 Å². The standard InChI is InChI=1S/C9H8N2O4/c1-13-9(12)7-3-2-6(14-7)8-5(10)4-11-15-8/h2-4H,10H2,1H3. The lowest BCUT2D eigenvalue weighted by Gasteiger charge is -1.93. The third kappa shape index (κ3) is 1.56. The van der Waals surface area contributed by atoms with Crippen LogP contribution in [-0.4, -0.2) is 18.2 Å². The Labute approximate surface area is 84.6 Å². The zero-order valence-corrected chi connectivity index (χ0v) is 7.89. The monoisotopic (exact) mass is 208 g/mol. The summed E-state index contributed by atoms with van der Waals surface area (Å²) < 4.78 is 14.5. The summed E-state index contributed by atoms with van der Waals surface area (Å²) in [6.07, 6.45) is 1.36. The molecule has 0 aliphatic carbocycles. The van der Waals surface area contributed by atoms with Crippen LogP contribution in [0.25, 0.3) is 11.5 Å². The Morgan fingerprint density at radius 1 is 1.53 bits per heavy atom. The third-order valence-corrected chi connectivity index (χ3v) is 1.81. The van der Waals surface area contributed by atoms with Crippen LogP contribution in [0.2, 0.25) is 0 Å². The Morgan fingerprint density at radius 3 is 2.93 bits per heavy atom. The van der Waals surface area contributed by atoms with Gasteiger partial charge in [-0.25, -0.2) is 4.79 Å². The number of nitrogen functional groups attached to an aromatic ring is 1. The number of rotatable bonds is 2. The molecule has 0 amide bonds. The van der Waals surface area contributed by atoms with Crippen LogP contribution < -0.4 is 5.73 Å². The van der Waals surface area contributed by atoms with Crippen molar-refractivity contribution in [1.82, 2.24) is 5.16 Å². The van der Waals surface area contributed by atoms with Crippen LogP contribution >= 0.6 is 0 Å². The minimum Gasteiger partial charge on any atom is -0.463 e. The fourth-order valence-electron chi connectivity index (χ4n) is 1.10. The van der Waals surface area contributed by atoms with Crippen molar-refractivity contribution in [2.75, 3.05) is 12.8 Å². The summed E-state index contributed by atoms with van der Waals surface area (Å²) in [5.74, 6) is 0.165. The second-order valence-corrected chi connectivity index (χ2v) is 2.77. The molecular formula is C9H8N2O4. The Hall–Kier alpha value is -2.24. The summed E-state index contributed by atoms with van der Waals surface area (Å²) in [5.41, 5.74) is 5.91. The van der Waals surface area contributed by atoms with Gasteiger partial charge in [-0.2, -0.15) is 0 Å². The number of carbonyl (C=O) groups is 1. The first-order valence-electron chi connectivity index (χ1n) is 4.11. The molecule has 0 atom stereocenters. The molecule has 78 valence electrons. The molecule has 2 rings (SSSR count). The van der Waals surface area contributed by atoms with E-state index in [4.69, 9.17) is 14.7 Å². The van der Waals surface area contributed by atoms with Gasteiger partial charge in [-0.3, -0.25) is 0 Å². The maximum atomic E-state index is 11.1. The van der Waals surface area contributed by atoms with Crippen LogP contribution in [0.1, 0.15) is 10.6 Å². The Kier molecular flexibility index (Phi) is 2.17. The number of nitrogens with zero attached hydrogens (tertiary/aromatic N) is 1. The molecule has 0 aliphatic rings. The summed E-state index contributed by atoms with van der Waals surface area (Å²) >= 11 is 0. The predicted octanol–water partition coefficient (Wildman–Crippen LogP) is 1.30. The molecule has 2 N–H and O–H groups in total. The normalized spacial score (nSPS) is 10.2. The van der Waals surface area contributed by atoms with E-state index in [1.165, 1.54) is 19.4 Å². The van der Waals surface area contributed by atoms with E-state index >= 15 is 0 Å². The number of methoxy groups -OCH3 is 1. The number of esters is 1. The lowest BCUT2D eigenvalue weighted by atomic mass is 10.3. The Bertz CT molecular complexity index is 486. The summed E-state index contributed by atoms with van der Waals surface area (Å²) in [7, 11) is 1.27. The van der Waals surface area contributed by atoms with E-state index in [0.29, 0.717) is 17.2 Å². The van der Waals surface area contributed by atoms with Gasteiger partial charge in [-0.15, -0.1) is 0 Å². The number of hydrogen-bond acceptors (Lipinski definition) is 6. The van der Waals surface area contributed by atoms with Crippen LogP contribution in [0.5, 0.6) is 0 Å². The summed E-state index contributed by atoms with van der Waals surface area (Å²) in [5, 5.41) is 3.50. The molecule has 0 aromatic carbocycles. The van der Waals surface area contributed by atoms with Crippen molar-refractivity contribution in [1.29, 1.82) is 0 Å². The predicted molar refractivity (Wildman–Crippen MR) is 50.0 cm³/mol. The molecule has 0 saturated heterocycles. The number of furan rings is 1. The topological polar surface area (TPSA) is 91.5 Å².